The molecule has 106 valence electrons. The Hall–Kier alpha value is -2.17. The summed E-state index contributed by atoms with van der Waals surface area (Å²) >= 11 is 0. The van der Waals surface area contributed by atoms with E-state index >= 15 is 0 Å². The maximum Gasteiger partial charge on any atom is 0.153 e. The van der Waals surface area contributed by atoms with Gasteiger partial charge in [0, 0.05) is 6.54 Å². The minimum Gasteiger partial charge on any atom is -0.486 e. The van der Waals surface area contributed by atoms with Gasteiger partial charge in [-0.25, -0.2) is 0 Å². The van der Waals surface area contributed by atoms with E-state index in [9.17, 15) is 4.79 Å². The number of nitrogens with zero attached hydrogens (tertiary/aromatic N) is 3. The monoisotopic (exact) mass is 273 g/mol. The van der Waals surface area contributed by atoms with Crippen molar-refractivity contribution in [2.75, 3.05) is 0 Å². The molecule has 0 fully saturated rings. The van der Waals surface area contributed by atoms with E-state index in [1.807, 2.05) is 16.9 Å². The summed E-state index contributed by atoms with van der Waals surface area (Å²) in [6, 6.07) is 7.13. The Morgan fingerprint density at radius 3 is 2.90 bits per heavy atom. The number of hydrogen-bond acceptors (Lipinski definition) is 4. The normalized spacial score (nSPS) is 10.8. The van der Waals surface area contributed by atoms with Gasteiger partial charge in [-0.2, -0.15) is 0 Å². The maximum atomic E-state index is 10.9. The fourth-order valence-electron chi connectivity index (χ4n) is 1.77. The second kappa shape index (κ2) is 6.84. The predicted octanol–water partition coefficient (Wildman–Crippen LogP) is 2.72. The van der Waals surface area contributed by atoms with Gasteiger partial charge in [0.2, 0.25) is 0 Å². The number of ether oxygens (including phenoxy) is 1. The van der Waals surface area contributed by atoms with Gasteiger partial charge in [-0.15, -0.1) is 5.10 Å². The lowest BCUT2D eigenvalue weighted by atomic mass is 10.1. The minimum atomic E-state index is 0.312. The number of benzene rings is 1. The lowest BCUT2D eigenvalue weighted by Gasteiger charge is -2.05. The SMILES string of the molecule is CC(C)CCn1cc(COc2ccccc2C=O)nn1. The van der Waals surface area contributed by atoms with Gasteiger partial charge in [0.25, 0.3) is 0 Å². The van der Waals surface area contributed by atoms with Crippen molar-refractivity contribution in [2.24, 2.45) is 5.92 Å². The van der Waals surface area contributed by atoms with Gasteiger partial charge in [0.1, 0.15) is 18.1 Å². The first kappa shape index (κ1) is 14.2. The second-order valence-corrected chi connectivity index (χ2v) is 5.10. The van der Waals surface area contributed by atoms with Gasteiger partial charge in [-0.05, 0) is 24.5 Å². The summed E-state index contributed by atoms with van der Waals surface area (Å²) in [5, 5.41) is 8.12. The summed E-state index contributed by atoms with van der Waals surface area (Å²) in [4.78, 5) is 10.9. The van der Waals surface area contributed by atoms with Gasteiger partial charge >= 0.3 is 0 Å². The molecular weight excluding hydrogens is 254 g/mol. The molecule has 0 saturated carbocycles. The van der Waals surface area contributed by atoms with Crippen LogP contribution >= 0.6 is 0 Å². The van der Waals surface area contributed by atoms with Crippen LogP contribution in [0.2, 0.25) is 0 Å². The molecule has 0 atom stereocenters. The molecule has 1 aromatic carbocycles. The number of rotatable bonds is 7. The Morgan fingerprint density at radius 1 is 1.35 bits per heavy atom. The zero-order chi connectivity index (χ0) is 14.4. The van der Waals surface area contributed by atoms with Crippen molar-refractivity contribution in [3.05, 3.63) is 41.7 Å². The first-order chi connectivity index (χ1) is 9.69. The Balaban J connectivity index is 1.92. The van der Waals surface area contributed by atoms with E-state index in [0.717, 1.165) is 24.9 Å². The number of para-hydroxylation sites is 1. The largest absolute Gasteiger partial charge is 0.486 e. The molecule has 0 amide bonds. The van der Waals surface area contributed by atoms with E-state index in [0.29, 0.717) is 23.8 Å². The van der Waals surface area contributed by atoms with Crippen molar-refractivity contribution >= 4 is 6.29 Å². The average molecular weight is 273 g/mol. The topological polar surface area (TPSA) is 57.0 Å². The molecule has 1 heterocycles. The molecule has 0 bridgehead atoms. The highest BCUT2D eigenvalue weighted by Crippen LogP contribution is 2.16. The van der Waals surface area contributed by atoms with Crippen molar-refractivity contribution < 1.29 is 9.53 Å². The number of hydrogen-bond donors (Lipinski definition) is 0. The summed E-state index contributed by atoms with van der Waals surface area (Å²) in [5.74, 6) is 1.21. The summed E-state index contributed by atoms with van der Waals surface area (Å²) in [6.07, 6.45) is 3.73. The Bertz CT molecular complexity index is 564. The molecule has 5 nitrogen and oxygen atoms in total. The first-order valence-corrected chi connectivity index (χ1v) is 6.75. The van der Waals surface area contributed by atoms with Crippen LogP contribution in [0.5, 0.6) is 5.75 Å². The smallest absolute Gasteiger partial charge is 0.153 e. The molecule has 0 N–H and O–H groups in total. The van der Waals surface area contributed by atoms with Gasteiger partial charge in [0.05, 0.1) is 11.8 Å². The van der Waals surface area contributed by atoms with Crippen molar-refractivity contribution in [3.8, 4) is 5.75 Å². The summed E-state index contributed by atoms with van der Waals surface area (Å²) in [5.41, 5.74) is 1.30. The lowest BCUT2D eigenvalue weighted by molar-refractivity contribution is 0.111. The van der Waals surface area contributed by atoms with Crippen LogP contribution in [0.1, 0.15) is 36.3 Å². The van der Waals surface area contributed by atoms with E-state index in [2.05, 4.69) is 24.2 Å². The van der Waals surface area contributed by atoms with E-state index < -0.39 is 0 Å². The van der Waals surface area contributed by atoms with Crippen LogP contribution in [0.25, 0.3) is 0 Å². The Labute approximate surface area is 118 Å². The van der Waals surface area contributed by atoms with Crippen LogP contribution in [0.15, 0.2) is 30.5 Å². The molecule has 0 radical (unpaired) electrons. The highest BCUT2D eigenvalue weighted by atomic mass is 16.5. The first-order valence-electron chi connectivity index (χ1n) is 6.75. The zero-order valence-electron chi connectivity index (χ0n) is 11.8. The highest BCUT2D eigenvalue weighted by molar-refractivity contribution is 5.79. The molecule has 0 aliphatic carbocycles. The van der Waals surface area contributed by atoms with Crippen LogP contribution in [-0.4, -0.2) is 21.3 Å². The maximum absolute atomic E-state index is 10.9. The Morgan fingerprint density at radius 2 is 2.15 bits per heavy atom. The highest BCUT2D eigenvalue weighted by Gasteiger charge is 2.05. The van der Waals surface area contributed by atoms with E-state index in [4.69, 9.17) is 4.74 Å². The van der Waals surface area contributed by atoms with Crippen molar-refractivity contribution in [2.45, 2.75) is 33.4 Å². The summed E-state index contributed by atoms with van der Waals surface area (Å²) in [6.45, 7) is 5.52. The predicted molar refractivity (Wildman–Crippen MR) is 75.6 cm³/mol. The van der Waals surface area contributed by atoms with Gasteiger partial charge in [-0.1, -0.05) is 31.2 Å². The molecule has 0 spiro atoms. The third-order valence-electron chi connectivity index (χ3n) is 2.94. The van der Waals surface area contributed by atoms with Gasteiger partial charge in [0.15, 0.2) is 6.29 Å². The molecule has 0 aliphatic rings. The zero-order valence-corrected chi connectivity index (χ0v) is 11.8. The van der Waals surface area contributed by atoms with Crippen molar-refractivity contribution in [1.29, 1.82) is 0 Å². The van der Waals surface area contributed by atoms with Crippen LogP contribution in [0, 0.1) is 5.92 Å². The molecule has 0 aliphatic heterocycles. The number of aromatic nitrogens is 3. The van der Waals surface area contributed by atoms with Crippen LogP contribution < -0.4 is 4.74 Å². The molecule has 1 aromatic heterocycles. The number of aldehydes is 1. The fourth-order valence-corrected chi connectivity index (χ4v) is 1.77. The summed E-state index contributed by atoms with van der Waals surface area (Å²) < 4.78 is 7.43. The fraction of sp³-hybridized carbons (Fsp3) is 0.400. The van der Waals surface area contributed by atoms with Crippen molar-refractivity contribution in [1.82, 2.24) is 15.0 Å². The lowest BCUT2D eigenvalue weighted by Crippen LogP contribution is -2.02. The molecule has 0 unspecified atom stereocenters. The minimum absolute atomic E-state index is 0.312. The molecule has 5 heteroatoms. The van der Waals surface area contributed by atoms with Crippen LogP contribution in [0.3, 0.4) is 0 Å². The van der Waals surface area contributed by atoms with E-state index in [1.165, 1.54) is 0 Å². The van der Waals surface area contributed by atoms with E-state index in [1.54, 1.807) is 18.2 Å². The second-order valence-electron chi connectivity index (χ2n) is 5.10. The number of aryl methyl sites for hydroxylation is 1. The average Bonchev–Trinajstić information content (AvgIpc) is 2.91. The van der Waals surface area contributed by atoms with Crippen LogP contribution in [0.4, 0.5) is 0 Å². The number of carbonyl (C=O) groups excluding carboxylic acids is 1. The number of carbonyl (C=O) groups is 1. The molecule has 2 aromatic rings. The quantitative estimate of drug-likeness (QED) is 0.728. The molecule has 2 rings (SSSR count). The van der Waals surface area contributed by atoms with E-state index in [-0.39, 0.29) is 0 Å². The molecular formula is C15H19N3O2. The summed E-state index contributed by atoms with van der Waals surface area (Å²) in [7, 11) is 0. The standard InChI is InChI=1S/C15H19N3O2/c1-12(2)7-8-18-9-14(16-17-18)11-20-15-6-4-3-5-13(15)10-19/h3-6,9-10,12H,7-8,11H2,1-2H3. The van der Waals surface area contributed by atoms with Gasteiger partial charge < -0.3 is 4.74 Å². The third kappa shape index (κ3) is 3.91. The third-order valence-corrected chi connectivity index (χ3v) is 2.94. The molecule has 20 heavy (non-hydrogen) atoms. The van der Waals surface area contributed by atoms with Crippen LogP contribution in [-0.2, 0) is 13.2 Å². The Kier molecular flexibility index (Phi) is 4.87. The van der Waals surface area contributed by atoms with Crippen molar-refractivity contribution in [3.63, 3.8) is 0 Å². The molecule has 0 saturated heterocycles. The van der Waals surface area contributed by atoms with Gasteiger partial charge in [-0.3, -0.25) is 9.48 Å².